The molecule has 3 N–H and O–H groups in total. The first-order valence-corrected chi connectivity index (χ1v) is 7.72. The van der Waals surface area contributed by atoms with E-state index in [1.165, 1.54) is 18.9 Å². The molecule has 1 aromatic carbocycles. The zero-order valence-corrected chi connectivity index (χ0v) is 11.8. The van der Waals surface area contributed by atoms with Gasteiger partial charge in [-0.25, -0.2) is 0 Å². The first-order chi connectivity index (χ1) is 9.10. The topological polar surface area (TPSA) is 81.2 Å². The summed E-state index contributed by atoms with van der Waals surface area (Å²) >= 11 is 1.92. The predicted molar refractivity (Wildman–Crippen MR) is 80.7 cm³/mol. The number of hydrogen-bond donors (Lipinski definition) is 2. The summed E-state index contributed by atoms with van der Waals surface area (Å²) in [5, 5.41) is 14.9. The van der Waals surface area contributed by atoms with Gasteiger partial charge in [-0.2, -0.15) is 11.8 Å². The molecule has 2 unspecified atom stereocenters. The van der Waals surface area contributed by atoms with Crippen molar-refractivity contribution in [3.8, 4) is 0 Å². The van der Waals surface area contributed by atoms with E-state index in [0.717, 1.165) is 18.5 Å². The summed E-state index contributed by atoms with van der Waals surface area (Å²) in [6, 6.07) is 5.29. The summed E-state index contributed by atoms with van der Waals surface area (Å²) in [7, 11) is 0. The van der Waals surface area contributed by atoms with Gasteiger partial charge < -0.3 is 11.1 Å². The van der Waals surface area contributed by atoms with Gasteiger partial charge in [-0.15, -0.1) is 0 Å². The number of nitrogen functional groups attached to an aromatic ring is 1. The quantitative estimate of drug-likeness (QED) is 0.503. The van der Waals surface area contributed by atoms with Crippen LogP contribution in [0.15, 0.2) is 18.2 Å². The van der Waals surface area contributed by atoms with Crippen molar-refractivity contribution in [3.63, 3.8) is 0 Å². The molecule has 1 saturated carbocycles. The van der Waals surface area contributed by atoms with Gasteiger partial charge in [-0.05, 0) is 37.7 Å². The largest absolute Gasteiger partial charge is 0.393 e. The molecule has 0 spiro atoms. The summed E-state index contributed by atoms with van der Waals surface area (Å²) in [5.74, 6) is 0. The molecule has 19 heavy (non-hydrogen) atoms. The van der Waals surface area contributed by atoms with Gasteiger partial charge in [0.1, 0.15) is 5.69 Å². The lowest BCUT2D eigenvalue weighted by Gasteiger charge is -2.29. The first kappa shape index (κ1) is 14.0. The average molecular weight is 281 g/mol. The highest BCUT2D eigenvalue weighted by molar-refractivity contribution is 7.99. The summed E-state index contributed by atoms with van der Waals surface area (Å²) in [5.41, 5.74) is 6.75. The molecule has 1 aliphatic carbocycles. The zero-order chi connectivity index (χ0) is 13.8. The minimum atomic E-state index is -0.455. The van der Waals surface area contributed by atoms with E-state index in [4.69, 9.17) is 5.73 Å². The van der Waals surface area contributed by atoms with Gasteiger partial charge in [0.25, 0.3) is 5.69 Å². The molecule has 0 saturated heterocycles. The molecular weight excluding hydrogens is 262 g/mol. The molecule has 0 heterocycles. The molecule has 104 valence electrons. The third-order valence-electron chi connectivity index (χ3n) is 3.55. The number of nitro benzene ring substituents is 1. The lowest BCUT2D eigenvalue weighted by atomic mass is 9.94. The summed E-state index contributed by atoms with van der Waals surface area (Å²) in [6.45, 7) is 0. The van der Waals surface area contributed by atoms with Crippen LogP contribution in [0.5, 0.6) is 0 Å². The van der Waals surface area contributed by atoms with E-state index in [-0.39, 0.29) is 11.4 Å². The van der Waals surface area contributed by atoms with Crippen molar-refractivity contribution in [1.82, 2.24) is 0 Å². The van der Waals surface area contributed by atoms with Crippen LogP contribution in [0, 0.1) is 10.1 Å². The van der Waals surface area contributed by atoms with Crippen molar-refractivity contribution in [3.05, 3.63) is 28.3 Å². The number of nitro groups is 1. The zero-order valence-electron chi connectivity index (χ0n) is 11.0. The Balaban J connectivity index is 2.03. The van der Waals surface area contributed by atoms with Crippen LogP contribution in [-0.2, 0) is 0 Å². The van der Waals surface area contributed by atoms with Crippen molar-refractivity contribution < 1.29 is 4.92 Å². The first-order valence-electron chi connectivity index (χ1n) is 6.43. The molecule has 2 atom stereocenters. The van der Waals surface area contributed by atoms with Crippen molar-refractivity contribution in [2.45, 2.75) is 37.0 Å². The standard InChI is InChI=1S/C13H19N3O2S/c1-19-11-4-2-3-9(7-11)15-10-5-6-13(16(17)18)12(14)8-10/h5-6,8-9,11,15H,2-4,7,14H2,1H3. The minimum Gasteiger partial charge on any atom is -0.393 e. The van der Waals surface area contributed by atoms with E-state index in [2.05, 4.69) is 11.6 Å². The number of rotatable bonds is 4. The highest BCUT2D eigenvalue weighted by Crippen LogP contribution is 2.30. The van der Waals surface area contributed by atoms with Gasteiger partial charge in [0.15, 0.2) is 0 Å². The maximum Gasteiger partial charge on any atom is 0.292 e. The van der Waals surface area contributed by atoms with E-state index >= 15 is 0 Å². The van der Waals surface area contributed by atoms with E-state index < -0.39 is 4.92 Å². The van der Waals surface area contributed by atoms with Gasteiger partial charge in [-0.1, -0.05) is 6.42 Å². The normalized spacial score (nSPS) is 23.0. The third-order valence-corrected chi connectivity index (χ3v) is 4.65. The number of benzene rings is 1. The predicted octanol–water partition coefficient (Wildman–Crippen LogP) is 3.26. The molecule has 2 rings (SSSR count). The molecule has 1 aromatic rings. The van der Waals surface area contributed by atoms with Crippen LogP contribution in [0.4, 0.5) is 17.1 Å². The second-order valence-corrected chi connectivity index (χ2v) is 6.03. The Labute approximate surface area is 117 Å². The highest BCUT2D eigenvalue weighted by atomic mass is 32.2. The van der Waals surface area contributed by atoms with Crippen LogP contribution >= 0.6 is 11.8 Å². The van der Waals surface area contributed by atoms with E-state index in [1.54, 1.807) is 12.1 Å². The van der Waals surface area contributed by atoms with Gasteiger partial charge in [0.2, 0.25) is 0 Å². The van der Waals surface area contributed by atoms with E-state index in [9.17, 15) is 10.1 Å². The molecule has 0 radical (unpaired) electrons. The molecule has 0 bridgehead atoms. The van der Waals surface area contributed by atoms with Crippen LogP contribution in [-0.4, -0.2) is 22.5 Å². The van der Waals surface area contributed by atoms with Crippen LogP contribution in [0.2, 0.25) is 0 Å². The van der Waals surface area contributed by atoms with Crippen molar-refractivity contribution >= 4 is 28.8 Å². The highest BCUT2D eigenvalue weighted by Gasteiger charge is 2.21. The molecule has 0 amide bonds. The maximum absolute atomic E-state index is 10.7. The molecule has 6 heteroatoms. The number of nitrogens with zero attached hydrogens (tertiary/aromatic N) is 1. The molecular formula is C13H19N3O2S. The number of anilines is 2. The lowest BCUT2D eigenvalue weighted by molar-refractivity contribution is -0.383. The fourth-order valence-electron chi connectivity index (χ4n) is 2.54. The minimum absolute atomic E-state index is 0.0313. The molecule has 1 fully saturated rings. The Kier molecular flexibility index (Phi) is 4.52. The Morgan fingerprint density at radius 3 is 2.89 bits per heavy atom. The fourth-order valence-corrected chi connectivity index (χ4v) is 3.36. The smallest absolute Gasteiger partial charge is 0.292 e. The van der Waals surface area contributed by atoms with Crippen LogP contribution < -0.4 is 11.1 Å². The number of thioether (sulfide) groups is 1. The van der Waals surface area contributed by atoms with Crippen LogP contribution in [0.3, 0.4) is 0 Å². The molecule has 1 aliphatic rings. The Hall–Kier alpha value is -1.43. The van der Waals surface area contributed by atoms with Crippen LogP contribution in [0.25, 0.3) is 0 Å². The third kappa shape index (κ3) is 3.53. The second-order valence-electron chi connectivity index (χ2n) is 4.90. The monoisotopic (exact) mass is 281 g/mol. The summed E-state index contributed by atoms with van der Waals surface area (Å²) < 4.78 is 0. The van der Waals surface area contributed by atoms with E-state index in [0.29, 0.717) is 11.3 Å². The molecule has 0 aromatic heterocycles. The van der Waals surface area contributed by atoms with Gasteiger partial charge in [-0.3, -0.25) is 10.1 Å². The lowest BCUT2D eigenvalue weighted by Crippen LogP contribution is -2.28. The molecule has 0 aliphatic heterocycles. The molecule has 5 nitrogen and oxygen atoms in total. The van der Waals surface area contributed by atoms with Crippen molar-refractivity contribution in [2.75, 3.05) is 17.3 Å². The van der Waals surface area contributed by atoms with Gasteiger partial charge in [0, 0.05) is 23.0 Å². The summed E-state index contributed by atoms with van der Waals surface area (Å²) in [6.07, 6.45) is 6.94. The Bertz CT molecular complexity index is 467. The van der Waals surface area contributed by atoms with Gasteiger partial charge >= 0.3 is 0 Å². The number of nitrogens with one attached hydrogen (secondary N) is 1. The SMILES string of the molecule is CSC1CCCC(Nc2ccc([N+](=O)[O-])c(N)c2)C1. The van der Waals surface area contributed by atoms with Crippen LogP contribution in [0.1, 0.15) is 25.7 Å². The van der Waals surface area contributed by atoms with E-state index in [1.807, 2.05) is 11.8 Å². The Morgan fingerprint density at radius 2 is 2.26 bits per heavy atom. The summed E-state index contributed by atoms with van der Waals surface area (Å²) in [4.78, 5) is 10.3. The Morgan fingerprint density at radius 1 is 1.47 bits per heavy atom. The fraction of sp³-hybridized carbons (Fsp3) is 0.538. The van der Waals surface area contributed by atoms with Crippen molar-refractivity contribution in [2.24, 2.45) is 0 Å². The van der Waals surface area contributed by atoms with Gasteiger partial charge in [0.05, 0.1) is 4.92 Å². The average Bonchev–Trinajstić information content (AvgIpc) is 2.38. The second kappa shape index (κ2) is 6.14. The number of nitrogens with two attached hydrogens (primary N) is 1. The number of hydrogen-bond acceptors (Lipinski definition) is 5. The van der Waals surface area contributed by atoms with Crippen molar-refractivity contribution in [1.29, 1.82) is 0 Å². The maximum atomic E-state index is 10.7.